The Bertz CT molecular complexity index is 1230. The van der Waals surface area contributed by atoms with E-state index in [1.807, 2.05) is 16.9 Å². The van der Waals surface area contributed by atoms with Crippen LogP contribution >= 0.6 is 11.3 Å². The average Bonchev–Trinajstić information content (AvgIpc) is 3.43. The number of ether oxygens (including phenoxy) is 1. The van der Waals surface area contributed by atoms with Gasteiger partial charge < -0.3 is 15.4 Å². The predicted octanol–water partition coefficient (Wildman–Crippen LogP) is 3.92. The first-order valence-corrected chi connectivity index (χ1v) is 11.4. The van der Waals surface area contributed by atoms with Crippen molar-refractivity contribution in [3.05, 3.63) is 54.7 Å². The Kier molecular flexibility index (Phi) is 5.77. The van der Waals surface area contributed by atoms with Crippen molar-refractivity contribution >= 4 is 27.2 Å². The van der Waals surface area contributed by atoms with Crippen molar-refractivity contribution in [1.29, 1.82) is 0 Å². The van der Waals surface area contributed by atoms with Gasteiger partial charge in [0.25, 0.3) is 0 Å². The van der Waals surface area contributed by atoms with Gasteiger partial charge in [-0.05, 0) is 25.2 Å². The Morgan fingerprint density at radius 1 is 1.09 bits per heavy atom. The van der Waals surface area contributed by atoms with Crippen LogP contribution in [-0.2, 0) is 6.54 Å². The first kappa shape index (κ1) is 20.9. The van der Waals surface area contributed by atoms with E-state index in [0.717, 1.165) is 59.9 Å². The largest absolute Gasteiger partial charge is 0.453 e. The molecule has 1 aromatic carbocycles. The van der Waals surface area contributed by atoms with E-state index in [2.05, 4.69) is 33.1 Å². The molecule has 1 aliphatic rings. The minimum absolute atomic E-state index is 0.137. The molecule has 166 valence electrons. The third kappa shape index (κ3) is 4.45. The summed E-state index contributed by atoms with van der Waals surface area (Å²) in [7, 11) is 2.17. The van der Waals surface area contributed by atoms with Crippen molar-refractivity contribution in [3.8, 4) is 21.9 Å². The lowest BCUT2D eigenvalue weighted by Crippen LogP contribution is -2.45. The maximum absolute atomic E-state index is 14.2. The number of aromatic nitrogens is 3. The van der Waals surface area contributed by atoms with Crippen LogP contribution in [-0.4, -0.2) is 64.3 Å². The number of fused-ring (bicyclic) bond motifs is 1. The smallest absolute Gasteiger partial charge is 0.167 e. The lowest BCUT2D eigenvalue weighted by molar-refractivity contribution is 0.149. The van der Waals surface area contributed by atoms with Gasteiger partial charge in [0.1, 0.15) is 5.75 Å². The van der Waals surface area contributed by atoms with Gasteiger partial charge in [0.15, 0.2) is 11.6 Å². The fourth-order valence-corrected chi connectivity index (χ4v) is 4.82. The third-order valence-corrected chi connectivity index (χ3v) is 6.90. The molecule has 9 heteroatoms. The van der Waals surface area contributed by atoms with Gasteiger partial charge in [0, 0.05) is 73.4 Å². The minimum Gasteiger partial charge on any atom is -0.453 e. The number of hydrogen-bond donors (Lipinski definition) is 1. The van der Waals surface area contributed by atoms with Gasteiger partial charge in [-0.1, -0.05) is 0 Å². The summed E-state index contributed by atoms with van der Waals surface area (Å²) in [6, 6.07) is 8.18. The standard InChI is InChI=1S/C23H25FN6OS/c1-28-6-8-29(9-7-28)10-11-30-15-16(14-27-30)22-13-19-23(32-22)21(4-5-26-19)31-20-3-2-17(25)12-18(20)24/h2-5,12-15H,6-11,25H2,1H3. The van der Waals surface area contributed by atoms with Crippen LogP contribution in [0.2, 0.25) is 0 Å². The van der Waals surface area contributed by atoms with Crippen molar-refractivity contribution < 1.29 is 9.13 Å². The molecule has 2 N–H and O–H groups in total. The Labute approximate surface area is 189 Å². The van der Waals surface area contributed by atoms with Crippen molar-refractivity contribution in [1.82, 2.24) is 24.6 Å². The zero-order chi connectivity index (χ0) is 22.1. The highest BCUT2D eigenvalue weighted by atomic mass is 32.1. The van der Waals surface area contributed by atoms with Crippen molar-refractivity contribution in [2.24, 2.45) is 0 Å². The second kappa shape index (κ2) is 8.85. The van der Waals surface area contributed by atoms with E-state index in [1.165, 1.54) is 12.1 Å². The molecule has 0 spiro atoms. The molecule has 1 aliphatic heterocycles. The van der Waals surface area contributed by atoms with E-state index < -0.39 is 5.82 Å². The maximum atomic E-state index is 14.2. The number of rotatable bonds is 6. The minimum atomic E-state index is -0.492. The molecule has 1 saturated heterocycles. The summed E-state index contributed by atoms with van der Waals surface area (Å²) in [5.41, 5.74) is 7.84. The first-order chi connectivity index (χ1) is 15.5. The summed E-state index contributed by atoms with van der Waals surface area (Å²) in [4.78, 5) is 10.3. The molecule has 0 amide bonds. The summed E-state index contributed by atoms with van der Waals surface area (Å²) in [5.74, 6) is 0.212. The Balaban J connectivity index is 1.32. The second-order valence-corrected chi connectivity index (χ2v) is 9.12. The first-order valence-electron chi connectivity index (χ1n) is 10.6. The second-order valence-electron chi connectivity index (χ2n) is 8.06. The van der Waals surface area contributed by atoms with Gasteiger partial charge in [-0.15, -0.1) is 11.3 Å². The zero-order valence-corrected chi connectivity index (χ0v) is 18.7. The van der Waals surface area contributed by atoms with Crippen molar-refractivity contribution in [3.63, 3.8) is 0 Å². The number of piperazine rings is 1. The van der Waals surface area contributed by atoms with E-state index in [-0.39, 0.29) is 5.75 Å². The highest BCUT2D eigenvalue weighted by Gasteiger charge is 2.15. The molecule has 0 unspecified atom stereocenters. The van der Waals surface area contributed by atoms with E-state index in [4.69, 9.17) is 10.5 Å². The number of nitrogens with two attached hydrogens (primary N) is 1. The summed E-state index contributed by atoms with van der Waals surface area (Å²) < 4.78 is 22.9. The van der Waals surface area contributed by atoms with Crippen LogP contribution in [0.15, 0.2) is 48.9 Å². The summed E-state index contributed by atoms with van der Waals surface area (Å²) in [6.07, 6.45) is 5.62. The molecule has 4 heterocycles. The van der Waals surface area contributed by atoms with Gasteiger partial charge in [-0.2, -0.15) is 5.10 Å². The van der Waals surface area contributed by atoms with E-state index in [1.54, 1.807) is 29.7 Å². The lowest BCUT2D eigenvalue weighted by Gasteiger charge is -2.32. The number of halogens is 1. The molecule has 0 bridgehead atoms. The average molecular weight is 453 g/mol. The van der Waals surface area contributed by atoms with Gasteiger partial charge >= 0.3 is 0 Å². The van der Waals surface area contributed by atoms with Crippen LogP contribution in [0.1, 0.15) is 0 Å². The molecule has 1 fully saturated rings. The Morgan fingerprint density at radius 3 is 2.75 bits per heavy atom. The van der Waals surface area contributed by atoms with E-state index in [0.29, 0.717) is 11.4 Å². The summed E-state index contributed by atoms with van der Waals surface area (Å²) >= 11 is 1.56. The molecular formula is C23H25FN6OS. The summed E-state index contributed by atoms with van der Waals surface area (Å²) in [6.45, 7) is 6.29. The number of pyridine rings is 1. The number of hydrogen-bond acceptors (Lipinski definition) is 7. The number of nitrogens with zero attached hydrogens (tertiary/aromatic N) is 5. The Morgan fingerprint density at radius 2 is 1.94 bits per heavy atom. The molecule has 3 aromatic heterocycles. The van der Waals surface area contributed by atoms with Crippen LogP contribution in [0.5, 0.6) is 11.5 Å². The van der Waals surface area contributed by atoms with E-state index >= 15 is 0 Å². The lowest BCUT2D eigenvalue weighted by atomic mass is 10.2. The van der Waals surface area contributed by atoms with Gasteiger partial charge in [-0.25, -0.2) is 4.39 Å². The summed E-state index contributed by atoms with van der Waals surface area (Å²) in [5, 5.41) is 4.55. The monoisotopic (exact) mass is 452 g/mol. The highest BCUT2D eigenvalue weighted by molar-refractivity contribution is 7.22. The maximum Gasteiger partial charge on any atom is 0.167 e. The molecule has 0 saturated carbocycles. The van der Waals surface area contributed by atoms with Gasteiger partial charge in [0.2, 0.25) is 0 Å². The molecule has 4 aromatic rings. The number of anilines is 1. The molecule has 0 aliphatic carbocycles. The van der Waals surface area contributed by atoms with E-state index in [9.17, 15) is 4.39 Å². The molecule has 0 atom stereocenters. The normalized spacial score (nSPS) is 15.4. The molecular weight excluding hydrogens is 427 g/mol. The predicted molar refractivity (Wildman–Crippen MR) is 126 cm³/mol. The number of nitrogen functional groups attached to an aromatic ring is 1. The fraction of sp³-hybridized carbons (Fsp3) is 0.304. The fourth-order valence-electron chi connectivity index (χ4n) is 3.78. The van der Waals surface area contributed by atoms with Gasteiger partial charge in [0.05, 0.1) is 23.0 Å². The van der Waals surface area contributed by atoms with Gasteiger partial charge in [-0.3, -0.25) is 14.6 Å². The number of benzene rings is 1. The molecule has 32 heavy (non-hydrogen) atoms. The molecule has 0 radical (unpaired) electrons. The SMILES string of the molecule is CN1CCN(CCn2cc(-c3cc4nccc(Oc5ccc(N)cc5F)c4s3)cn2)CC1. The van der Waals surface area contributed by atoms with Crippen LogP contribution in [0.3, 0.4) is 0 Å². The quantitative estimate of drug-likeness (QED) is 0.447. The van der Waals surface area contributed by atoms with Crippen LogP contribution in [0.4, 0.5) is 10.1 Å². The van der Waals surface area contributed by atoms with Crippen molar-refractivity contribution in [2.45, 2.75) is 6.54 Å². The number of thiophene rings is 1. The van der Waals surface area contributed by atoms with Crippen LogP contribution < -0.4 is 10.5 Å². The molecule has 5 rings (SSSR count). The number of likely N-dealkylation sites (N-methyl/N-ethyl adjacent to an activating group) is 1. The molecule has 7 nitrogen and oxygen atoms in total. The zero-order valence-electron chi connectivity index (χ0n) is 17.9. The topological polar surface area (TPSA) is 72.4 Å². The highest BCUT2D eigenvalue weighted by Crippen LogP contribution is 2.39. The third-order valence-electron chi connectivity index (χ3n) is 5.71. The van der Waals surface area contributed by atoms with Crippen LogP contribution in [0.25, 0.3) is 20.7 Å². The van der Waals surface area contributed by atoms with Crippen LogP contribution in [0, 0.1) is 5.82 Å². The Hall–Kier alpha value is -3.01. The van der Waals surface area contributed by atoms with Crippen molar-refractivity contribution in [2.75, 3.05) is 45.5 Å².